The molecule has 0 heterocycles. The van der Waals surface area contributed by atoms with Crippen LogP contribution in [0.3, 0.4) is 0 Å². The van der Waals surface area contributed by atoms with Crippen molar-refractivity contribution in [3.8, 4) is 11.5 Å². The number of benzene rings is 4. The van der Waals surface area contributed by atoms with Crippen LogP contribution in [0.4, 0.5) is 5.69 Å². The summed E-state index contributed by atoms with van der Waals surface area (Å²) in [5, 5.41) is 3.48. The first kappa shape index (κ1) is 37.3. The van der Waals surface area contributed by atoms with Gasteiger partial charge in [0.2, 0.25) is 11.8 Å². The number of amides is 2. The zero-order valence-electron chi connectivity index (χ0n) is 28.6. The van der Waals surface area contributed by atoms with E-state index in [-0.39, 0.29) is 29.5 Å². The highest BCUT2D eigenvalue weighted by molar-refractivity contribution is 7.92. The molecular weight excluding hydrogens is 662 g/mol. The van der Waals surface area contributed by atoms with E-state index in [4.69, 9.17) is 21.1 Å². The summed E-state index contributed by atoms with van der Waals surface area (Å²) < 4.78 is 40.9. The fourth-order valence-electron chi connectivity index (χ4n) is 5.62. The van der Waals surface area contributed by atoms with Crippen molar-refractivity contribution in [2.24, 2.45) is 0 Å². The van der Waals surface area contributed by atoms with E-state index in [1.165, 1.54) is 37.3 Å². The minimum absolute atomic E-state index is 0.0230. The normalized spacial score (nSPS) is 11.8. The van der Waals surface area contributed by atoms with Gasteiger partial charge in [0.05, 0.1) is 24.8 Å². The van der Waals surface area contributed by atoms with Gasteiger partial charge in [-0.2, -0.15) is 0 Å². The lowest BCUT2D eigenvalue weighted by atomic mass is 10.0. The monoisotopic (exact) mass is 705 g/mol. The first-order valence-corrected chi connectivity index (χ1v) is 18.0. The van der Waals surface area contributed by atoms with E-state index in [2.05, 4.69) is 5.32 Å². The number of hydrogen-bond donors (Lipinski definition) is 1. The van der Waals surface area contributed by atoms with Crippen LogP contribution in [0.1, 0.15) is 42.0 Å². The van der Waals surface area contributed by atoms with E-state index < -0.39 is 28.5 Å². The minimum atomic E-state index is -4.35. The molecule has 0 saturated heterocycles. The summed E-state index contributed by atoms with van der Waals surface area (Å²) in [6, 6.07) is 25.2. The van der Waals surface area contributed by atoms with Crippen LogP contribution in [0, 0.1) is 13.8 Å². The molecule has 1 atom stereocenters. The van der Waals surface area contributed by atoms with Gasteiger partial charge in [-0.15, -0.1) is 0 Å². The summed E-state index contributed by atoms with van der Waals surface area (Å²) in [6.45, 7) is 5.65. The number of halogens is 1. The van der Waals surface area contributed by atoms with E-state index in [0.717, 1.165) is 33.8 Å². The van der Waals surface area contributed by atoms with Crippen LogP contribution in [0.15, 0.2) is 95.9 Å². The number of nitrogens with zero attached hydrogens (tertiary/aromatic N) is 2. The zero-order chi connectivity index (χ0) is 35.6. The highest BCUT2D eigenvalue weighted by Gasteiger charge is 2.35. The average Bonchev–Trinajstić information content (AvgIpc) is 3.08. The first-order chi connectivity index (χ1) is 23.5. The molecule has 9 nitrogen and oxygen atoms in total. The highest BCUT2D eigenvalue weighted by Crippen LogP contribution is 2.33. The van der Waals surface area contributed by atoms with E-state index >= 15 is 0 Å². The molecular formula is C38H44ClN3O6S. The average molecular weight is 706 g/mol. The van der Waals surface area contributed by atoms with Crippen LogP contribution in [0.5, 0.6) is 11.5 Å². The third-order valence-electron chi connectivity index (χ3n) is 8.06. The zero-order valence-corrected chi connectivity index (χ0v) is 30.2. The Hall–Kier alpha value is -4.54. The van der Waals surface area contributed by atoms with Gasteiger partial charge in [0.1, 0.15) is 12.6 Å². The number of hydrogen-bond acceptors (Lipinski definition) is 6. The number of rotatable bonds is 16. The van der Waals surface area contributed by atoms with Gasteiger partial charge in [0.25, 0.3) is 10.0 Å². The van der Waals surface area contributed by atoms with Gasteiger partial charge in [-0.25, -0.2) is 8.42 Å². The molecule has 4 rings (SSSR count). The molecule has 4 aromatic rings. The summed E-state index contributed by atoms with van der Waals surface area (Å²) >= 11 is 6.34. The third-order valence-corrected chi connectivity index (χ3v) is 10.1. The van der Waals surface area contributed by atoms with Gasteiger partial charge in [-0.05, 0) is 78.9 Å². The molecule has 0 aromatic heterocycles. The molecule has 0 bridgehead atoms. The summed E-state index contributed by atoms with van der Waals surface area (Å²) in [5.41, 5.74) is 3.51. The molecule has 0 fully saturated rings. The molecule has 0 aliphatic carbocycles. The number of sulfonamides is 1. The number of aryl methyl sites for hydroxylation is 2. The van der Waals surface area contributed by atoms with Crippen molar-refractivity contribution in [2.75, 3.05) is 31.6 Å². The Labute approximate surface area is 294 Å². The minimum Gasteiger partial charge on any atom is -0.493 e. The van der Waals surface area contributed by atoms with Crippen molar-refractivity contribution in [2.45, 2.75) is 57.5 Å². The fraction of sp³-hybridized carbons (Fsp3) is 0.316. The number of carbonyl (C=O) groups excluding carboxylic acids is 2. The van der Waals surface area contributed by atoms with Crippen LogP contribution in [0.2, 0.25) is 5.02 Å². The lowest BCUT2D eigenvalue weighted by Gasteiger charge is -2.34. The van der Waals surface area contributed by atoms with Crippen molar-refractivity contribution >= 4 is 39.1 Å². The predicted molar refractivity (Wildman–Crippen MR) is 194 cm³/mol. The maximum absolute atomic E-state index is 14.7. The number of unbranched alkanes of at least 4 members (excludes halogenated alkanes) is 1. The Morgan fingerprint density at radius 2 is 1.51 bits per heavy atom. The van der Waals surface area contributed by atoms with Crippen LogP contribution < -0.4 is 19.1 Å². The van der Waals surface area contributed by atoms with Crippen molar-refractivity contribution < 1.29 is 27.5 Å². The number of methoxy groups -OCH3 is 2. The summed E-state index contributed by atoms with van der Waals surface area (Å²) in [5.74, 6) is -0.298. The molecule has 260 valence electrons. The fourth-order valence-corrected chi connectivity index (χ4v) is 7.25. The van der Waals surface area contributed by atoms with Gasteiger partial charge in [0, 0.05) is 30.6 Å². The SMILES string of the molecule is CCCCNC(=O)C(Cc1ccccc1)N(Cc1cccc(Cl)c1)C(=O)CN(c1cc(C)cc(C)c1)S(=O)(=O)c1ccc(OC)c(OC)c1. The van der Waals surface area contributed by atoms with Gasteiger partial charge in [0.15, 0.2) is 11.5 Å². The molecule has 49 heavy (non-hydrogen) atoms. The summed E-state index contributed by atoms with van der Waals surface area (Å²) in [4.78, 5) is 30.0. The highest BCUT2D eigenvalue weighted by atomic mass is 35.5. The summed E-state index contributed by atoms with van der Waals surface area (Å²) in [6.07, 6.45) is 1.88. The standard InChI is InChI=1S/C38H44ClN3O6S/c1-6-7-18-40-38(44)34(23-29-12-9-8-10-13-29)41(25-30-14-11-15-31(39)22-30)37(43)26-42(32-20-27(2)19-28(3)21-32)49(45,46)33-16-17-35(47-4)36(24-33)48-5/h8-17,19-22,24,34H,6-7,18,23,25-26H2,1-5H3,(H,40,44). The Bertz CT molecular complexity index is 1830. The Morgan fingerprint density at radius 1 is 0.837 bits per heavy atom. The molecule has 0 radical (unpaired) electrons. The lowest BCUT2D eigenvalue weighted by Crippen LogP contribution is -2.53. The molecule has 2 amide bonds. The van der Waals surface area contributed by atoms with E-state index in [1.807, 2.05) is 63.2 Å². The predicted octanol–water partition coefficient (Wildman–Crippen LogP) is 6.73. The smallest absolute Gasteiger partial charge is 0.264 e. The van der Waals surface area contributed by atoms with Crippen LogP contribution >= 0.6 is 11.6 Å². The maximum atomic E-state index is 14.7. The molecule has 0 aliphatic heterocycles. The Balaban J connectivity index is 1.84. The van der Waals surface area contributed by atoms with Crippen molar-refractivity contribution in [3.63, 3.8) is 0 Å². The van der Waals surface area contributed by atoms with E-state index in [9.17, 15) is 18.0 Å². The lowest BCUT2D eigenvalue weighted by molar-refractivity contribution is -0.140. The first-order valence-electron chi connectivity index (χ1n) is 16.2. The van der Waals surface area contributed by atoms with E-state index in [0.29, 0.717) is 28.6 Å². The molecule has 1 unspecified atom stereocenters. The third kappa shape index (κ3) is 9.77. The number of carbonyl (C=O) groups is 2. The largest absolute Gasteiger partial charge is 0.493 e. The molecule has 0 spiro atoms. The molecule has 4 aromatic carbocycles. The number of ether oxygens (including phenoxy) is 2. The second-order valence-electron chi connectivity index (χ2n) is 11.9. The van der Waals surface area contributed by atoms with E-state index in [1.54, 1.807) is 30.3 Å². The topological polar surface area (TPSA) is 105 Å². The molecule has 0 saturated carbocycles. The second-order valence-corrected chi connectivity index (χ2v) is 14.2. The van der Waals surface area contributed by atoms with Crippen LogP contribution in [-0.4, -0.2) is 58.5 Å². The van der Waals surface area contributed by atoms with Gasteiger partial charge in [-0.3, -0.25) is 13.9 Å². The van der Waals surface area contributed by atoms with Crippen molar-refractivity contribution in [1.29, 1.82) is 0 Å². The second kappa shape index (κ2) is 17.2. The number of nitrogens with one attached hydrogen (secondary N) is 1. The van der Waals surface area contributed by atoms with Crippen LogP contribution in [-0.2, 0) is 32.6 Å². The molecule has 11 heteroatoms. The van der Waals surface area contributed by atoms with Crippen molar-refractivity contribution in [3.05, 3.63) is 118 Å². The Kier molecular flexibility index (Phi) is 13.1. The quantitative estimate of drug-likeness (QED) is 0.130. The van der Waals surface area contributed by atoms with Crippen LogP contribution in [0.25, 0.3) is 0 Å². The molecule has 1 N–H and O–H groups in total. The Morgan fingerprint density at radius 3 is 2.14 bits per heavy atom. The molecule has 0 aliphatic rings. The van der Waals surface area contributed by atoms with Gasteiger partial charge >= 0.3 is 0 Å². The van der Waals surface area contributed by atoms with Gasteiger partial charge in [-0.1, -0.05) is 73.5 Å². The summed E-state index contributed by atoms with van der Waals surface area (Å²) in [7, 11) is -1.46. The van der Waals surface area contributed by atoms with Crippen molar-refractivity contribution in [1.82, 2.24) is 10.2 Å². The number of anilines is 1. The van der Waals surface area contributed by atoms with Gasteiger partial charge < -0.3 is 19.7 Å². The maximum Gasteiger partial charge on any atom is 0.264 e.